The van der Waals surface area contributed by atoms with E-state index in [1.54, 1.807) is 0 Å². The van der Waals surface area contributed by atoms with Crippen molar-refractivity contribution in [2.45, 2.75) is 65.0 Å². The summed E-state index contributed by atoms with van der Waals surface area (Å²) < 4.78 is 11.6. The molecule has 0 amide bonds. The van der Waals surface area contributed by atoms with E-state index in [1.165, 1.54) is 0 Å². The molecule has 0 aromatic rings. The molecule has 1 heterocycles. The second kappa shape index (κ2) is 6.08. The van der Waals surface area contributed by atoms with Crippen molar-refractivity contribution in [3.05, 3.63) is 0 Å². The Morgan fingerprint density at radius 1 is 1.21 bits per heavy atom. The van der Waals surface area contributed by atoms with Gasteiger partial charge in [-0.05, 0) is 48.6 Å². The molecule has 4 nitrogen and oxygen atoms in total. The fourth-order valence-corrected chi connectivity index (χ4v) is 2.87. The second-order valence-corrected chi connectivity index (χ2v) is 7.04. The molecule has 1 N–H and O–H groups in total. The van der Waals surface area contributed by atoms with Crippen LogP contribution in [-0.4, -0.2) is 60.2 Å². The topological polar surface area (TPSA) is 41.9 Å². The lowest BCUT2D eigenvalue weighted by Gasteiger charge is -2.30. The normalized spacial score (nSPS) is 29.4. The molecule has 2 atom stereocenters. The van der Waals surface area contributed by atoms with Crippen molar-refractivity contribution in [2.75, 3.05) is 26.7 Å². The third-order valence-electron chi connectivity index (χ3n) is 3.95. The van der Waals surface area contributed by atoms with Crippen LogP contribution in [0.15, 0.2) is 0 Å². The largest absolute Gasteiger partial charge is 0.390 e. The van der Waals surface area contributed by atoms with Gasteiger partial charge in [-0.25, -0.2) is 0 Å². The van der Waals surface area contributed by atoms with Crippen LogP contribution in [0, 0.1) is 5.92 Å². The standard InChI is InChI=1S/C15H31NO3/c1-11(2)18-9-8-16(7)10-12-13(17)15(5,6)19-14(12,3)4/h11-13,17H,8-10H2,1-7H3. The lowest BCUT2D eigenvalue weighted by Crippen LogP contribution is -2.43. The molecule has 4 heteroatoms. The SMILES string of the molecule is CC(C)OCCN(C)CC1C(O)C(C)(C)OC1(C)C. The summed E-state index contributed by atoms with van der Waals surface area (Å²) >= 11 is 0. The number of hydrogen-bond donors (Lipinski definition) is 1. The minimum Gasteiger partial charge on any atom is -0.390 e. The lowest BCUT2D eigenvalue weighted by atomic mass is 9.84. The summed E-state index contributed by atoms with van der Waals surface area (Å²) in [6, 6.07) is 0. The number of nitrogens with zero attached hydrogens (tertiary/aromatic N) is 1. The molecule has 2 unspecified atom stereocenters. The van der Waals surface area contributed by atoms with Crippen molar-refractivity contribution in [2.24, 2.45) is 5.92 Å². The average Bonchev–Trinajstić information content (AvgIpc) is 2.36. The first kappa shape index (κ1) is 16.9. The zero-order chi connectivity index (χ0) is 14.8. The Labute approximate surface area is 118 Å². The van der Waals surface area contributed by atoms with Gasteiger partial charge in [0.15, 0.2) is 0 Å². The van der Waals surface area contributed by atoms with Gasteiger partial charge in [-0.1, -0.05) is 0 Å². The van der Waals surface area contributed by atoms with Crippen LogP contribution < -0.4 is 0 Å². The lowest BCUT2D eigenvalue weighted by molar-refractivity contribution is -0.0913. The molecular formula is C15H31NO3. The molecule has 0 aliphatic carbocycles. The third kappa shape index (κ3) is 4.42. The van der Waals surface area contributed by atoms with Crippen molar-refractivity contribution < 1.29 is 14.6 Å². The first-order valence-electron chi connectivity index (χ1n) is 7.24. The number of ether oxygens (including phenoxy) is 2. The summed E-state index contributed by atoms with van der Waals surface area (Å²) in [5, 5.41) is 10.4. The Hall–Kier alpha value is -0.160. The molecule has 1 fully saturated rings. The Kier molecular flexibility index (Phi) is 5.41. The van der Waals surface area contributed by atoms with Crippen LogP contribution in [0.25, 0.3) is 0 Å². The highest BCUT2D eigenvalue weighted by Gasteiger charge is 2.53. The van der Waals surface area contributed by atoms with E-state index in [1.807, 2.05) is 27.7 Å². The van der Waals surface area contributed by atoms with Crippen LogP contribution in [0.3, 0.4) is 0 Å². The first-order chi connectivity index (χ1) is 8.56. The van der Waals surface area contributed by atoms with E-state index < -0.39 is 11.7 Å². The molecule has 0 bridgehead atoms. The predicted octanol–water partition coefficient (Wildman–Crippen LogP) is 1.91. The minimum absolute atomic E-state index is 0.117. The van der Waals surface area contributed by atoms with Gasteiger partial charge in [-0.3, -0.25) is 0 Å². The van der Waals surface area contributed by atoms with Crippen molar-refractivity contribution in [1.82, 2.24) is 4.90 Å². The maximum Gasteiger partial charge on any atom is 0.0896 e. The average molecular weight is 273 g/mol. The van der Waals surface area contributed by atoms with Gasteiger partial charge >= 0.3 is 0 Å². The summed E-state index contributed by atoms with van der Waals surface area (Å²) in [5.74, 6) is 0.117. The molecule has 1 aliphatic rings. The van der Waals surface area contributed by atoms with Gasteiger partial charge in [0, 0.05) is 19.0 Å². The van der Waals surface area contributed by atoms with Crippen molar-refractivity contribution >= 4 is 0 Å². The Morgan fingerprint density at radius 2 is 1.79 bits per heavy atom. The van der Waals surface area contributed by atoms with E-state index in [4.69, 9.17) is 9.47 Å². The van der Waals surface area contributed by atoms with Gasteiger partial charge in [-0.15, -0.1) is 0 Å². The number of aliphatic hydroxyl groups is 1. The molecule has 1 aliphatic heterocycles. The predicted molar refractivity (Wildman–Crippen MR) is 77.3 cm³/mol. The van der Waals surface area contributed by atoms with Crippen LogP contribution in [0.5, 0.6) is 0 Å². The van der Waals surface area contributed by atoms with E-state index in [0.717, 1.165) is 19.7 Å². The van der Waals surface area contributed by atoms with Gasteiger partial charge in [0.05, 0.1) is 30.0 Å². The van der Waals surface area contributed by atoms with Crippen LogP contribution in [0.2, 0.25) is 0 Å². The van der Waals surface area contributed by atoms with E-state index in [-0.39, 0.29) is 17.6 Å². The van der Waals surface area contributed by atoms with Gasteiger partial charge < -0.3 is 19.5 Å². The summed E-state index contributed by atoms with van der Waals surface area (Å²) in [5.41, 5.74) is -0.764. The zero-order valence-electron chi connectivity index (χ0n) is 13.6. The number of aliphatic hydroxyl groups excluding tert-OH is 1. The van der Waals surface area contributed by atoms with Crippen LogP contribution in [-0.2, 0) is 9.47 Å². The van der Waals surface area contributed by atoms with Gasteiger partial charge in [0.2, 0.25) is 0 Å². The van der Waals surface area contributed by atoms with Crippen LogP contribution in [0.4, 0.5) is 0 Å². The van der Waals surface area contributed by atoms with E-state index in [2.05, 4.69) is 25.8 Å². The fourth-order valence-electron chi connectivity index (χ4n) is 2.87. The molecular weight excluding hydrogens is 242 g/mol. The third-order valence-corrected chi connectivity index (χ3v) is 3.95. The van der Waals surface area contributed by atoms with Crippen molar-refractivity contribution in [3.8, 4) is 0 Å². The number of hydrogen-bond acceptors (Lipinski definition) is 4. The maximum absolute atomic E-state index is 10.4. The number of likely N-dealkylation sites (N-methyl/N-ethyl adjacent to an activating group) is 1. The van der Waals surface area contributed by atoms with E-state index in [9.17, 15) is 5.11 Å². The summed E-state index contributed by atoms with van der Waals surface area (Å²) in [4.78, 5) is 2.21. The van der Waals surface area contributed by atoms with E-state index >= 15 is 0 Å². The molecule has 19 heavy (non-hydrogen) atoms. The minimum atomic E-state index is -0.469. The van der Waals surface area contributed by atoms with Gasteiger partial charge in [-0.2, -0.15) is 0 Å². The zero-order valence-corrected chi connectivity index (χ0v) is 13.6. The maximum atomic E-state index is 10.4. The summed E-state index contributed by atoms with van der Waals surface area (Å²) in [6.45, 7) is 14.5. The molecule has 0 spiro atoms. The summed E-state index contributed by atoms with van der Waals surface area (Å²) in [6.07, 6.45) is -0.167. The smallest absolute Gasteiger partial charge is 0.0896 e. The van der Waals surface area contributed by atoms with Crippen LogP contribution >= 0.6 is 0 Å². The van der Waals surface area contributed by atoms with E-state index in [0.29, 0.717) is 0 Å². The molecule has 0 aromatic heterocycles. The quantitative estimate of drug-likeness (QED) is 0.803. The molecule has 0 radical (unpaired) electrons. The highest BCUT2D eigenvalue weighted by atomic mass is 16.5. The molecule has 0 aromatic carbocycles. The van der Waals surface area contributed by atoms with Crippen LogP contribution in [0.1, 0.15) is 41.5 Å². The monoisotopic (exact) mass is 273 g/mol. The Bertz CT molecular complexity index is 289. The van der Waals surface area contributed by atoms with Crippen molar-refractivity contribution in [1.29, 1.82) is 0 Å². The molecule has 1 saturated heterocycles. The van der Waals surface area contributed by atoms with Gasteiger partial charge in [0.25, 0.3) is 0 Å². The van der Waals surface area contributed by atoms with Gasteiger partial charge in [0.1, 0.15) is 0 Å². The molecule has 114 valence electrons. The molecule has 1 rings (SSSR count). The highest BCUT2D eigenvalue weighted by Crippen LogP contribution is 2.42. The fraction of sp³-hybridized carbons (Fsp3) is 1.00. The Balaban J connectivity index is 2.51. The number of rotatable bonds is 6. The Morgan fingerprint density at radius 3 is 2.21 bits per heavy atom. The van der Waals surface area contributed by atoms with Crippen molar-refractivity contribution in [3.63, 3.8) is 0 Å². The highest BCUT2D eigenvalue weighted by molar-refractivity contribution is 5.02. The summed E-state index contributed by atoms with van der Waals surface area (Å²) in [7, 11) is 2.07. The second-order valence-electron chi connectivity index (χ2n) is 7.04. The molecule has 0 saturated carbocycles. The first-order valence-corrected chi connectivity index (χ1v) is 7.24.